The maximum absolute atomic E-state index is 13.8. The Morgan fingerprint density at radius 1 is 1.45 bits per heavy atom. The number of nitrogens with zero attached hydrogens (tertiary/aromatic N) is 3. The third kappa shape index (κ3) is 3.22. The molecule has 1 aromatic heterocycles. The van der Waals surface area contributed by atoms with Gasteiger partial charge < -0.3 is 0 Å². The lowest BCUT2D eigenvalue weighted by Gasteiger charge is -2.08. The van der Waals surface area contributed by atoms with Crippen LogP contribution < -0.4 is 0 Å². The number of ketones is 1. The first-order chi connectivity index (χ1) is 9.49. The third-order valence-corrected chi connectivity index (χ3v) is 3.10. The van der Waals surface area contributed by atoms with Crippen LogP contribution in [0.1, 0.15) is 30.0 Å². The molecule has 0 aliphatic carbocycles. The van der Waals surface area contributed by atoms with Gasteiger partial charge in [-0.15, -0.1) is 0 Å². The van der Waals surface area contributed by atoms with Gasteiger partial charge in [0, 0.05) is 6.54 Å². The lowest BCUT2D eigenvalue weighted by molar-refractivity contribution is 0.0985. The van der Waals surface area contributed by atoms with Gasteiger partial charge in [-0.2, -0.15) is 5.10 Å². The molecule has 2 aromatic rings. The van der Waals surface area contributed by atoms with E-state index in [1.807, 2.05) is 13.8 Å². The summed E-state index contributed by atoms with van der Waals surface area (Å²) in [5, 5.41) is 4.02. The maximum atomic E-state index is 13.8. The second-order valence-electron chi connectivity index (χ2n) is 4.95. The molecular formula is C14H15ClFN3O. The lowest BCUT2D eigenvalue weighted by atomic mass is 10.1. The summed E-state index contributed by atoms with van der Waals surface area (Å²) >= 11 is 5.68. The van der Waals surface area contributed by atoms with E-state index in [0.717, 1.165) is 0 Å². The molecule has 0 bridgehead atoms. The molecule has 0 unspecified atom stereocenters. The van der Waals surface area contributed by atoms with Crippen LogP contribution in [0.5, 0.6) is 0 Å². The Kier molecular flexibility index (Phi) is 4.49. The van der Waals surface area contributed by atoms with Crippen molar-refractivity contribution in [1.82, 2.24) is 14.8 Å². The molecule has 0 amide bonds. The molecule has 4 nitrogen and oxygen atoms in total. The average Bonchev–Trinajstić information content (AvgIpc) is 2.79. The van der Waals surface area contributed by atoms with Gasteiger partial charge in [0.05, 0.1) is 17.0 Å². The molecular weight excluding hydrogens is 281 g/mol. The molecule has 6 heteroatoms. The van der Waals surface area contributed by atoms with E-state index < -0.39 is 5.82 Å². The molecule has 0 aliphatic rings. The fourth-order valence-corrected chi connectivity index (χ4v) is 2.06. The van der Waals surface area contributed by atoms with E-state index in [9.17, 15) is 9.18 Å². The second-order valence-corrected chi connectivity index (χ2v) is 5.36. The molecule has 0 saturated carbocycles. The lowest BCUT2D eigenvalue weighted by Crippen LogP contribution is -2.15. The van der Waals surface area contributed by atoms with Gasteiger partial charge in [-0.25, -0.2) is 14.1 Å². The van der Waals surface area contributed by atoms with Gasteiger partial charge in [-0.3, -0.25) is 4.79 Å². The zero-order chi connectivity index (χ0) is 14.7. The number of hydrogen-bond acceptors (Lipinski definition) is 3. The number of hydrogen-bond donors (Lipinski definition) is 0. The van der Waals surface area contributed by atoms with Crippen LogP contribution in [0, 0.1) is 11.7 Å². The zero-order valence-corrected chi connectivity index (χ0v) is 12.1. The number of halogens is 2. The summed E-state index contributed by atoms with van der Waals surface area (Å²) in [4.78, 5) is 16.2. The van der Waals surface area contributed by atoms with Gasteiger partial charge in [-0.1, -0.05) is 31.5 Å². The molecule has 0 aliphatic heterocycles. The van der Waals surface area contributed by atoms with Crippen LogP contribution >= 0.6 is 11.6 Å². The average molecular weight is 296 g/mol. The van der Waals surface area contributed by atoms with Gasteiger partial charge in [0.1, 0.15) is 12.2 Å². The van der Waals surface area contributed by atoms with Crippen molar-refractivity contribution in [3.8, 4) is 0 Å². The van der Waals surface area contributed by atoms with E-state index in [0.29, 0.717) is 18.3 Å². The summed E-state index contributed by atoms with van der Waals surface area (Å²) in [5.74, 6) is -0.131. The number of carbonyl (C=O) groups is 1. The fourth-order valence-electron chi connectivity index (χ4n) is 1.88. The highest BCUT2D eigenvalue weighted by Gasteiger charge is 2.17. The van der Waals surface area contributed by atoms with E-state index in [1.54, 1.807) is 10.7 Å². The smallest absolute Gasteiger partial charge is 0.173 e. The number of Topliss-reactive ketones (excluding diaryl/α,β-unsaturated/α-hetero) is 1. The van der Waals surface area contributed by atoms with Crippen LogP contribution in [0.3, 0.4) is 0 Å². The van der Waals surface area contributed by atoms with Crippen molar-refractivity contribution in [2.45, 2.75) is 26.8 Å². The first kappa shape index (κ1) is 14.7. The van der Waals surface area contributed by atoms with Crippen molar-refractivity contribution in [3.63, 3.8) is 0 Å². The highest BCUT2D eigenvalue weighted by molar-refractivity contribution is 6.31. The summed E-state index contributed by atoms with van der Waals surface area (Å²) < 4.78 is 15.5. The summed E-state index contributed by atoms with van der Waals surface area (Å²) in [6.07, 6.45) is 1.41. The Morgan fingerprint density at radius 3 is 2.90 bits per heavy atom. The van der Waals surface area contributed by atoms with E-state index >= 15 is 0 Å². The summed E-state index contributed by atoms with van der Waals surface area (Å²) in [6.45, 7) is 4.76. The van der Waals surface area contributed by atoms with Crippen molar-refractivity contribution in [1.29, 1.82) is 0 Å². The van der Waals surface area contributed by atoms with Gasteiger partial charge in [0.15, 0.2) is 11.6 Å². The van der Waals surface area contributed by atoms with Gasteiger partial charge in [0.25, 0.3) is 0 Å². The number of aromatic nitrogens is 3. The van der Waals surface area contributed by atoms with Crippen molar-refractivity contribution in [2.24, 2.45) is 5.92 Å². The molecule has 0 spiro atoms. The Morgan fingerprint density at radius 2 is 2.20 bits per heavy atom. The van der Waals surface area contributed by atoms with E-state index in [1.165, 1.54) is 18.5 Å². The molecule has 0 fully saturated rings. The Balaban J connectivity index is 2.20. The Hall–Kier alpha value is -1.75. The maximum Gasteiger partial charge on any atom is 0.173 e. The molecule has 0 radical (unpaired) electrons. The van der Waals surface area contributed by atoms with Crippen LogP contribution in [-0.2, 0) is 13.0 Å². The Labute approximate surface area is 121 Å². The molecule has 1 heterocycles. The number of rotatable bonds is 5. The topological polar surface area (TPSA) is 47.8 Å². The fraction of sp³-hybridized carbons (Fsp3) is 0.357. The Bertz CT molecular complexity index is 625. The van der Waals surface area contributed by atoms with Crippen molar-refractivity contribution in [3.05, 3.63) is 46.8 Å². The third-order valence-electron chi connectivity index (χ3n) is 2.80. The molecule has 2 rings (SSSR count). The first-order valence-electron chi connectivity index (χ1n) is 6.33. The minimum atomic E-state index is -0.686. The van der Waals surface area contributed by atoms with Crippen LogP contribution in [0.2, 0.25) is 5.02 Å². The van der Waals surface area contributed by atoms with Crippen LogP contribution in [0.25, 0.3) is 0 Å². The molecule has 1 aromatic carbocycles. The van der Waals surface area contributed by atoms with Crippen molar-refractivity contribution >= 4 is 17.4 Å². The normalized spacial score (nSPS) is 11.1. The monoisotopic (exact) mass is 295 g/mol. The number of carbonyl (C=O) groups excluding carboxylic acids is 1. The number of benzene rings is 1. The van der Waals surface area contributed by atoms with Crippen LogP contribution in [0.15, 0.2) is 24.5 Å². The van der Waals surface area contributed by atoms with Gasteiger partial charge in [0.2, 0.25) is 0 Å². The molecule has 0 N–H and O–H groups in total. The summed E-state index contributed by atoms with van der Waals surface area (Å²) in [6, 6.07) is 4.39. The quantitative estimate of drug-likeness (QED) is 0.796. The first-order valence-corrected chi connectivity index (χ1v) is 6.70. The van der Waals surface area contributed by atoms with Gasteiger partial charge in [-0.05, 0) is 18.1 Å². The largest absolute Gasteiger partial charge is 0.294 e. The zero-order valence-electron chi connectivity index (χ0n) is 11.3. The van der Waals surface area contributed by atoms with Crippen LogP contribution in [-0.4, -0.2) is 20.5 Å². The second kappa shape index (κ2) is 6.13. The molecule has 0 atom stereocenters. The summed E-state index contributed by atoms with van der Waals surface area (Å²) in [7, 11) is 0. The highest BCUT2D eigenvalue weighted by Crippen LogP contribution is 2.19. The van der Waals surface area contributed by atoms with Crippen LogP contribution in [0.4, 0.5) is 4.39 Å². The van der Waals surface area contributed by atoms with Crippen molar-refractivity contribution < 1.29 is 9.18 Å². The van der Waals surface area contributed by atoms with Gasteiger partial charge >= 0.3 is 0 Å². The highest BCUT2D eigenvalue weighted by atomic mass is 35.5. The molecule has 20 heavy (non-hydrogen) atoms. The standard InChI is InChI=1S/C14H15ClFN3O/c1-9(2)7-19-13(17-8-18-19)6-12(20)10-4-3-5-11(15)14(10)16/h3-5,8-9H,6-7H2,1-2H3. The van der Waals surface area contributed by atoms with E-state index in [4.69, 9.17) is 11.6 Å². The molecule has 0 saturated heterocycles. The summed E-state index contributed by atoms with van der Waals surface area (Å²) in [5.41, 5.74) is -0.0170. The minimum absolute atomic E-state index is 0.00395. The SMILES string of the molecule is CC(C)Cn1ncnc1CC(=O)c1cccc(Cl)c1F. The molecule has 106 valence electrons. The van der Waals surface area contributed by atoms with E-state index in [-0.39, 0.29) is 22.8 Å². The van der Waals surface area contributed by atoms with Crippen molar-refractivity contribution in [2.75, 3.05) is 0 Å². The minimum Gasteiger partial charge on any atom is -0.294 e. The van der Waals surface area contributed by atoms with E-state index in [2.05, 4.69) is 10.1 Å². The predicted molar refractivity (Wildman–Crippen MR) is 74.3 cm³/mol. The predicted octanol–water partition coefficient (Wildman–Crippen LogP) is 3.15.